The monoisotopic (exact) mass is 568 g/mol. The van der Waals surface area contributed by atoms with Crippen molar-refractivity contribution in [3.63, 3.8) is 0 Å². The number of alkyl halides is 2. The third-order valence-electron chi connectivity index (χ3n) is 7.70. The summed E-state index contributed by atoms with van der Waals surface area (Å²) in [4.78, 5) is 43.1. The lowest BCUT2D eigenvalue weighted by Crippen LogP contribution is -2.44. The van der Waals surface area contributed by atoms with Crippen LogP contribution in [0.1, 0.15) is 81.8 Å². The molecule has 3 aromatic rings. The van der Waals surface area contributed by atoms with Gasteiger partial charge in [0.25, 0.3) is 6.43 Å². The van der Waals surface area contributed by atoms with Crippen LogP contribution in [0.3, 0.4) is 0 Å². The molecule has 2 N–H and O–H groups in total. The maximum atomic E-state index is 14.4. The van der Waals surface area contributed by atoms with Crippen LogP contribution in [0.4, 0.5) is 8.78 Å². The number of benzene rings is 1. The predicted octanol–water partition coefficient (Wildman–Crippen LogP) is 3.61. The van der Waals surface area contributed by atoms with Crippen LogP contribution in [0, 0.1) is 11.8 Å². The normalized spacial score (nSPS) is 17.4. The summed E-state index contributed by atoms with van der Waals surface area (Å²) >= 11 is 0. The Kier molecular flexibility index (Phi) is 9.01. The maximum absolute atomic E-state index is 14.4. The smallest absolute Gasteiger partial charge is 0.257 e. The number of aromatic nitrogens is 7. The molecule has 0 bridgehead atoms. The van der Waals surface area contributed by atoms with E-state index < -0.39 is 41.8 Å². The fraction of sp³-hybridized carbons (Fsp3) is 0.571. The molecule has 2 saturated carbocycles. The van der Waals surface area contributed by atoms with Crippen molar-refractivity contribution in [2.24, 2.45) is 11.8 Å². The first-order valence-electron chi connectivity index (χ1n) is 14.2. The van der Waals surface area contributed by atoms with Crippen molar-refractivity contribution in [2.45, 2.75) is 89.3 Å². The van der Waals surface area contributed by atoms with Crippen LogP contribution in [0.25, 0.3) is 11.4 Å². The van der Waals surface area contributed by atoms with Gasteiger partial charge in [0, 0.05) is 30.7 Å². The van der Waals surface area contributed by atoms with E-state index in [1.807, 2.05) is 6.92 Å². The molecule has 0 spiro atoms. The van der Waals surface area contributed by atoms with Crippen LogP contribution in [-0.2, 0) is 20.8 Å². The lowest BCUT2D eigenvalue weighted by molar-refractivity contribution is -0.140. The van der Waals surface area contributed by atoms with Gasteiger partial charge in [-0.2, -0.15) is 5.10 Å². The molecule has 0 saturated heterocycles. The molecule has 218 valence electrons. The lowest BCUT2D eigenvalue weighted by Gasteiger charge is -2.26. The maximum Gasteiger partial charge on any atom is 0.257 e. The Balaban J connectivity index is 1.33. The zero-order valence-corrected chi connectivity index (χ0v) is 22.9. The number of carbonyl (C=O) groups is 3. The topological polar surface area (TPSA) is 148 Å². The largest absolute Gasteiger partial charge is 0.298 e. The number of carbonyl (C=O) groups excluding carboxylic acids is 3. The van der Waals surface area contributed by atoms with Gasteiger partial charge >= 0.3 is 0 Å². The summed E-state index contributed by atoms with van der Waals surface area (Å²) in [6.45, 7) is 1.88. The standard InChI is InChI=1S/C28H34F2N8O3/c1-2-3-19(26(41)23(40)12-16-4-5-16)13-22(39)21(14-24-31-15-32-34-24)33-25(27(29)30)17-6-8-18(9-7-17)28-35-36-37-38(28)20-10-11-20/h6-9,15-16,19-21,25,27,33H,2-5,10-14H2,1H3,(H,31,32,34)/t19-,21+,25+/m1/s1. The Morgan fingerprint density at radius 2 is 1.88 bits per heavy atom. The number of halogens is 2. The molecule has 0 amide bonds. The number of ketones is 3. The molecule has 2 aliphatic rings. The number of nitrogens with zero attached hydrogens (tertiary/aromatic N) is 6. The van der Waals surface area contributed by atoms with Crippen LogP contribution in [0.5, 0.6) is 0 Å². The van der Waals surface area contributed by atoms with Crippen LogP contribution in [-0.4, -0.2) is 65.2 Å². The van der Waals surface area contributed by atoms with Crippen LogP contribution in [0.2, 0.25) is 0 Å². The van der Waals surface area contributed by atoms with E-state index in [1.165, 1.54) is 6.33 Å². The molecular weight excluding hydrogens is 534 g/mol. The van der Waals surface area contributed by atoms with Crippen LogP contribution >= 0.6 is 0 Å². The lowest BCUT2D eigenvalue weighted by atomic mass is 9.87. The van der Waals surface area contributed by atoms with Gasteiger partial charge in [-0.25, -0.2) is 18.4 Å². The van der Waals surface area contributed by atoms with Crippen LogP contribution in [0.15, 0.2) is 30.6 Å². The van der Waals surface area contributed by atoms with Gasteiger partial charge in [-0.1, -0.05) is 37.6 Å². The van der Waals surface area contributed by atoms with Crippen molar-refractivity contribution < 1.29 is 23.2 Å². The third-order valence-corrected chi connectivity index (χ3v) is 7.70. The molecule has 0 aliphatic heterocycles. The zero-order valence-electron chi connectivity index (χ0n) is 22.9. The predicted molar refractivity (Wildman–Crippen MR) is 143 cm³/mol. The molecule has 2 heterocycles. The molecule has 0 unspecified atom stereocenters. The van der Waals surface area contributed by atoms with Gasteiger partial charge < -0.3 is 0 Å². The summed E-state index contributed by atoms with van der Waals surface area (Å²) in [7, 11) is 0. The van der Waals surface area contributed by atoms with E-state index in [0.29, 0.717) is 30.1 Å². The fourth-order valence-electron chi connectivity index (χ4n) is 5.08. The van der Waals surface area contributed by atoms with Gasteiger partial charge in [0.1, 0.15) is 12.2 Å². The second kappa shape index (κ2) is 12.8. The number of hydrogen-bond donors (Lipinski definition) is 2. The number of nitrogens with one attached hydrogen (secondary N) is 2. The van der Waals surface area contributed by atoms with Gasteiger partial charge in [-0.05, 0) is 54.0 Å². The van der Waals surface area contributed by atoms with Gasteiger partial charge in [0.05, 0.1) is 18.1 Å². The van der Waals surface area contributed by atoms with E-state index in [-0.39, 0.29) is 36.8 Å². The highest BCUT2D eigenvalue weighted by molar-refractivity contribution is 6.38. The van der Waals surface area contributed by atoms with Gasteiger partial charge in [0.15, 0.2) is 17.4 Å². The van der Waals surface area contributed by atoms with E-state index in [9.17, 15) is 23.2 Å². The molecule has 2 aromatic heterocycles. The number of rotatable bonds is 17. The highest BCUT2D eigenvalue weighted by Crippen LogP contribution is 2.37. The summed E-state index contributed by atoms with van der Waals surface area (Å²) < 4.78 is 30.6. The third kappa shape index (κ3) is 7.32. The molecule has 2 fully saturated rings. The summed E-state index contributed by atoms with van der Waals surface area (Å²) in [5.74, 6) is -1.03. The summed E-state index contributed by atoms with van der Waals surface area (Å²) in [6.07, 6.45) is 3.25. The first-order valence-corrected chi connectivity index (χ1v) is 14.2. The number of aromatic amines is 1. The molecule has 41 heavy (non-hydrogen) atoms. The minimum Gasteiger partial charge on any atom is -0.298 e. The SMILES string of the molecule is CCC[C@H](CC(=O)[C@H](Cc1ncn[nH]1)N[C@@H](c1ccc(-c2nnnn2C2CC2)cc1)C(F)F)C(=O)C(=O)CC1CC1. The highest BCUT2D eigenvalue weighted by atomic mass is 19.3. The highest BCUT2D eigenvalue weighted by Gasteiger charge is 2.35. The Labute approximate surface area is 235 Å². The molecule has 5 rings (SSSR count). The molecule has 0 radical (unpaired) electrons. The van der Waals surface area contributed by atoms with Crippen molar-refractivity contribution in [3.05, 3.63) is 42.0 Å². The van der Waals surface area contributed by atoms with E-state index in [0.717, 1.165) is 25.7 Å². The Morgan fingerprint density at radius 3 is 2.49 bits per heavy atom. The van der Waals surface area contributed by atoms with Crippen molar-refractivity contribution in [1.82, 2.24) is 40.7 Å². The van der Waals surface area contributed by atoms with Crippen molar-refractivity contribution >= 4 is 17.3 Å². The Hall–Kier alpha value is -3.74. The first kappa shape index (κ1) is 28.8. The van der Waals surface area contributed by atoms with Crippen molar-refractivity contribution in [2.75, 3.05) is 0 Å². The Morgan fingerprint density at radius 1 is 1.12 bits per heavy atom. The molecule has 13 heteroatoms. The molecule has 1 aromatic carbocycles. The summed E-state index contributed by atoms with van der Waals surface area (Å²) in [5.41, 5.74) is 0.982. The van der Waals surface area contributed by atoms with Crippen LogP contribution < -0.4 is 5.32 Å². The number of tetrazole rings is 1. The second-order valence-electron chi connectivity index (χ2n) is 11.1. The summed E-state index contributed by atoms with van der Waals surface area (Å²) in [6, 6.07) is 4.21. The molecule has 3 atom stereocenters. The number of hydrogen-bond acceptors (Lipinski definition) is 9. The quantitative estimate of drug-likeness (QED) is 0.233. The minimum absolute atomic E-state index is 0.0284. The first-order chi connectivity index (χ1) is 19.8. The van der Waals surface area contributed by atoms with E-state index >= 15 is 0 Å². The molecule has 11 nitrogen and oxygen atoms in total. The van der Waals surface area contributed by atoms with Crippen molar-refractivity contribution in [1.29, 1.82) is 0 Å². The second-order valence-corrected chi connectivity index (χ2v) is 11.1. The van der Waals surface area contributed by atoms with Gasteiger partial charge in [-0.3, -0.25) is 24.8 Å². The van der Waals surface area contributed by atoms with Gasteiger partial charge in [-0.15, -0.1) is 5.10 Å². The average molecular weight is 569 g/mol. The number of Topliss-reactive ketones (excluding diaryl/α,β-unsaturated/α-hetero) is 3. The number of H-pyrrole nitrogens is 1. The van der Waals surface area contributed by atoms with E-state index in [2.05, 4.69) is 36.0 Å². The molecular formula is C28H34F2N8O3. The summed E-state index contributed by atoms with van der Waals surface area (Å²) in [5, 5.41) is 21.2. The zero-order chi connectivity index (χ0) is 28.9. The fourth-order valence-corrected chi connectivity index (χ4v) is 5.08. The average Bonchev–Trinajstić information content (AvgIpc) is 3.87. The molecule has 2 aliphatic carbocycles. The van der Waals surface area contributed by atoms with Crippen molar-refractivity contribution in [3.8, 4) is 11.4 Å². The van der Waals surface area contributed by atoms with E-state index in [1.54, 1.807) is 28.9 Å². The minimum atomic E-state index is -2.84. The van der Waals surface area contributed by atoms with E-state index in [4.69, 9.17) is 0 Å². The van der Waals surface area contributed by atoms with Gasteiger partial charge in [0.2, 0.25) is 5.78 Å². The Bertz CT molecular complexity index is 1340.